The summed E-state index contributed by atoms with van der Waals surface area (Å²) < 4.78 is 4.32. The van der Waals surface area contributed by atoms with E-state index in [1.165, 1.54) is 5.69 Å². The molecule has 3 rings (SSSR count). The zero-order valence-electron chi connectivity index (χ0n) is 10.4. The molecule has 0 amide bonds. The van der Waals surface area contributed by atoms with Crippen molar-refractivity contribution < 1.29 is 4.79 Å². The molecule has 0 saturated carbocycles. The molecule has 2 aromatic rings. The van der Waals surface area contributed by atoms with Crippen molar-refractivity contribution in [2.75, 3.05) is 0 Å². The van der Waals surface area contributed by atoms with Gasteiger partial charge in [0, 0.05) is 49.4 Å². The fraction of sp³-hybridized carbons (Fsp3) is 0.429. The summed E-state index contributed by atoms with van der Waals surface area (Å²) in [4.78, 5) is 15.8. The fourth-order valence-electron chi connectivity index (χ4n) is 2.64. The summed E-state index contributed by atoms with van der Waals surface area (Å²) in [5, 5.41) is 0. The van der Waals surface area contributed by atoms with Crippen molar-refractivity contribution in [3.05, 3.63) is 42.2 Å². The van der Waals surface area contributed by atoms with Crippen LogP contribution in [0.1, 0.15) is 35.3 Å². The molecule has 0 atom stereocenters. The maximum atomic E-state index is 11.7. The molecule has 0 aliphatic heterocycles. The van der Waals surface area contributed by atoms with Crippen LogP contribution in [-0.2, 0) is 19.5 Å². The van der Waals surface area contributed by atoms with Crippen molar-refractivity contribution in [2.24, 2.45) is 0 Å². The van der Waals surface area contributed by atoms with Crippen molar-refractivity contribution in [1.82, 2.24) is 14.1 Å². The second-order valence-corrected chi connectivity index (χ2v) is 4.80. The number of imidazole rings is 1. The number of hydrogen-bond acceptors (Lipinski definition) is 2. The number of carbonyl (C=O) groups is 1. The molecule has 0 radical (unpaired) electrons. The number of aryl methyl sites for hydroxylation is 2. The van der Waals surface area contributed by atoms with E-state index in [1.807, 2.05) is 18.6 Å². The molecule has 0 fully saturated rings. The van der Waals surface area contributed by atoms with Crippen LogP contribution in [0.4, 0.5) is 0 Å². The van der Waals surface area contributed by atoms with Gasteiger partial charge in [0.2, 0.25) is 0 Å². The highest BCUT2D eigenvalue weighted by molar-refractivity contribution is 5.98. The Kier molecular flexibility index (Phi) is 3.00. The molecular weight excluding hydrogens is 226 g/mol. The highest BCUT2D eigenvalue weighted by Crippen LogP contribution is 2.22. The number of fused-ring (bicyclic) bond motifs is 1. The first-order valence-electron chi connectivity index (χ1n) is 6.51. The minimum Gasteiger partial charge on any atom is -0.351 e. The minimum absolute atomic E-state index is 0.310. The third kappa shape index (κ3) is 2.10. The summed E-state index contributed by atoms with van der Waals surface area (Å²) in [6.45, 7) is 1.95. The Morgan fingerprint density at radius 1 is 1.22 bits per heavy atom. The standard InChI is InChI=1S/C14H17N3O/c18-14-4-1-3-13-12(14)5-9-17(13)8-2-7-16-10-6-15-11-16/h5-6,9-11H,1-4,7-8H2. The topological polar surface area (TPSA) is 39.8 Å². The molecule has 0 spiro atoms. The lowest BCUT2D eigenvalue weighted by molar-refractivity contribution is 0.0971. The van der Waals surface area contributed by atoms with E-state index in [4.69, 9.17) is 0 Å². The van der Waals surface area contributed by atoms with Crippen LogP contribution >= 0.6 is 0 Å². The van der Waals surface area contributed by atoms with Crippen LogP contribution in [0.2, 0.25) is 0 Å². The number of nitrogens with zero attached hydrogens (tertiary/aromatic N) is 3. The van der Waals surface area contributed by atoms with Crippen LogP contribution in [-0.4, -0.2) is 19.9 Å². The van der Waals surface area contributed by atoms with Gasteiger partial charge in [-0.2, -0.15) is 0 Å². The molecule has 0 bridgehead atoms. The number of rotatable bonds is 4. The summed E-state index contributed by atoms with van der Waals surface area (Å²) in [6, 6.07) is 1.98. The lowest BCUT2D eigenvalue weighted by atomic mass is 9.97. The molecule has 0 N–H and O–H groups in total. The Bertz CT molecular complexity index is 539. The number of ketones is 1. The van der Waals surface area contributed by atoms with E-state index in [1.54, 1.807) is 6.20 Å². The Hall–Kier alpha value is -1.84. The summed E-state index contributed by atoms with van der Waals surface area (Å²) in [5.41, 5.74) is 2.18. The summed E-state index contributed by atoms with van der Waals surface area (Å²) in [7, 11) is 0. The largest absolute Gasteiger partial charge is 0.351 e. The first-order valence-corrected chi connectivity index (χ1v) is 6.51. The molecule has 1 aliphatic rings. The van der Waals surface area contributed by atoms with E-state index in [0.717, 1.165) is 37.9 Å². The highest BCUT2D eigenvalue weighted by atomic mass is 16.1. The molecule has 0 saturated heterocycles. The van der Waals surface area contributed by atoms with Gasteiger partial charge in [-0.05, 0) is 25.3 Å². The van der Waals surface area contributed by atoms with Gasteiger partial charge in [-0.3, -0.25) is 4.79 Å². The number of carbonyl (C=O) groups excluding carboxylic acids is 1. The zero-order chi connectivity index (χ0) is 12.4. The Balaban J connectivity index is 1.65. The number of hydrogen-bond donors (Lipinski definition) is 0. The van der Waals surface area contributed by atoms with Crippen molar-refractivity contribution in [1.29, 1.82) is 0 Å². The average molecular weight is 243 g/mol. The maximum absolute atomic E-state index is 11.7. The van der Waals surface area contributed by atoms with Gasteiger partial charge >= 0.3 is 0 Å². The fourth-order valence-corrected chi connectivity index (χ4v) is 2.64. The van der Waals surface area contributed by atoms with E-state index >= 15 is 0 Å². The predicted molar refractivity (Wildman–Crippen MR) is 68.5 cm³/mol. The van der Waals surface area contributed by atoms with Crippen LogP contribution in [0.3, 0.4) is 0 Å². The van der Waals surface area contributed by atoms with E-state index < -0.39 is 0 Å². The predicted octanol–water partition coefficient (Wildman–Crippen LogP) is 2.29. The van der Waals surface area contributed by atoms with E-state index in [-0.39, 0.29) is 0 Å². The average Bonchev–Trinajstić information content (AvgIpc) is 3.00. The molecule has 2 aromatic heterocycles. The lowest BCUT2D eigenvalue weighted by Gasteiger charge is -2.15. The second kappa shape index (κ2) is 4.80. The third-order valence-electron chi connectivity index (χ3n) is 3.57. The molecule has 0 aromatic carbocycles. The van der Waals surface area contributed by atoms with Gasteiger partial charge in [0.05, 0.1) is 6.33 Å². The van der Waals surface area contributed by atoms with Gasteiger partial charge in [0.25, 0.3) is 0 Å². The highest BCUT2D eigenvalue weighted by Gasteiger charge is 2.19. The quantitative estimate of drug-likeness (QED) is 0.826. The first-order chi connectivity index (χ1) is 8.84. The van der Waals surface area contributed by atoms with Crippen LogP contribution in [0, 0.1) is 0 Å². The van der Waals surface area contributed by atoms with Gasteiger partial charge in [-0.25, -0.2) is 4.98 Å². The van der Waals surface area contributed by atoms with Crippen molar-refractivity contribution in [3.63, 3.8) is 0 Å². The summed E-state index contributed by atoms with van der Waals surface area (Å²) in [6.07, 6.45) is 11.5. The zero-order valence-corrected chi connectivity index (χ0v) is 10.4. The van der Waals surface area contributed by atoms with Gasteiger partial charge in [0.15, 0.2) is 5.78 Å². The van der Waals surface area contributed by atoms with E-state index in [2.05, 4.69) is 20.3 Å². The Morgan fingerprint density at radius 2 is 2.17 bits per heavy atom. The van der Waals surface area contributed by atoms with Gasteiger partial charge < -0.3 is 9.13 Å². The van der Waals surface area contributed by atoms with E-state index in [9.17, 15) is 4.79 Å². The molecule has 2 heterocycles. The minimum atomic E-state index is 0.310. The molecule has 4 nitrogen and oxygen atoms in total. The molecule has 94 valence electrons. The van der Waals surface area contributed by atoms with Crippen molar-refractivity contribution >= 4 is 5.78 Å². The smallest absolute Gasteiger partial charge is 0.164 e. The number of Topliss-reactive ketones (excluding diaryl/α,β-unsaturated/α-hetero) is 1. The Morgan fingerprint density at radius 3 is 3.00 bits per heavy atom. The second-order valence-electron chi connectivity index (χ2n) is 4.80. The van der Waals surface area contributed by atoms with Crippen LogP contribution in [0.15, 0.2) is 31.0 Å². The number of aromatic nitrogens is 3. The normalized spacial score (nSPS) is 14.8. The maximum Gasteiger partial charge on any atom is 0.164 e. The van der Waals surface area contributed by atoms with Crippen LogP contribution < -0.4 is 0 Å². The van der Waals surface area contributed by atoms with E-state index in [0.29, 0.717) is 12.2 Å². The molecule has 0 unspecified atom stereocenters. The van der Waals surface area contributed by atoms with Crippen LogP contribution in [0.5, 0.6) is 0 Å². The molecule has 18 heavy (non-hydrogen) atoms. The van der Waals surface area contributed by atoms with Gasteiger partial charge in [0.1, 0.15) is 0 Å². The van der Waals surface area contributed by atoms with Gasteiger partial charge in [-0.1, -0.05) is 0 Å². The molecule has 4 heteroatoms. The SMILES string of the molecule is O=C1CCCc2c1ccn2CCCn1ccnc1. The summed E-state index contributed by atoms with van der Waals surface area (Å²) >= 11 is 0. The molecular formula is C14H17N3O. The summed E-state index contributed by atoms with van der Waals surface area (Å²) in [5.74, 6) is 0.310. The third-order valence-corrected chi connectivity index (χ3v) is 3.57. The first kappa shape index (κ1) is 11.3. The Labute approximate surface area is 106 Å². The van der Waals surface area contributed by atoms with Crippen LogP contribution in [0.25, 0.3) is 0 Å². The lowest BCUT2D eigenvalue weighted by Crippen LogP contribution is -2.13. The monoisotopic (exact) mass is 243 g/mol. The van der Waals surface area contributed by atoms with Crippen molar-refractivity contribution in [2.45, 2.75) is 38.8 Å². The van der Waals surface area contributed by atoms with Crippen molar-refractivity contribution in [3.8, 4) is 0 Å². The van der Waals surface area contributed by atoms with Gasteiger partial charge in [-0.15, -0.1) is 0 Å². The molecule has 1 aliphatic carbocycles.